The van der Waals surface area contributed by atoms with Crippen LogP contribution < -0.4 is 14.2 Å². The van der Waals surface area contributed by atoms with Crippen LogP contribution in [0.3, 0.4) is 0 Å². The molecule has 1 rings (SSSR count). The number of ether oxygens (including phenoxy) is 3. The van der Waals surface area contributed by atoms with Crippen LogP contribution >= 0.6 is 10.9 Å². The molecule has 0 aliphatic heterocycles. The molecule has 0 fully saturated rings. The van der Waals surface area contributed by atoms with E-state index in [1.165, 1.54) is 12.1 Å². The van der Waals surface area contributed by atoms with E-state index in [-0.39, 0.29) is 16.4 Å². The van der Waals surface area contributed by atoms with E-state index in [2.05, 4.69) is 0 Å². The molecule has 19 heavy (non-hydrogen) atoms. The molecule has 0 saturated carbocycles. The molecule has 1 aromatic carbocycles. The maximum atomic E-state index is 9.52. The zero-order valence-electron chi connectivity index (χ0n) is 11.3. The van der Waals surface area contributed by atoms with Crippen LogP contribution in [0.4, 0.5) is 0 Å². The lowest BCUT2D eigenvalue weighted by Gasteiger charge is -2.25. The van der Waals surface area contributed by atoms with Gasteiger partial charge in [-0.25, -0.2) is 0 Å². The van der Waals surface area contributed by atoms with Crippen molar-refractivity contribution in [2.45, 2.75) is 25.7 Å². The molecular formula is C12H20O6S. The third kappa shape index (κ3) is 4.17. The van der Waals surface area contributed by atoms with Crippen molar-refractivity contribution in [3.63, 3.8) is 0 Å². The summed E-state index contributed by atoms with van der Waals surface area (Å²) in [4.78, 5) is -0.153. The van der Waals surface area contributed by atoms with Crippen LogP contribution in [-0.2, 0) is 0 Å². The molecule has 1 aromatic rings. The normalized spacial score (nSPS) is 12.1. The summed E-state index contributed by atoms with van der Waals surface area (Å²) in [6.45, 7) is 6.40. The Bertz CT molecular complexity index is 388. The Morgan fingerprint density at radius 3 is 1.58 bits per heavy atom. The Kier molecular flexibility index (Phi) is 5.74. The molecule has 0 amide bonds. The molecule has 0 aromatic heterocycles. The second-order valence-corrected chi connectivity index (χ2v) is 5.01. The minimum absolute atomic E-state index is 0.138. The average molecular weight is 292 g/mol. The molecule has 0 saturated heterocycles. The number of benzene rings is 1. The van der Waals surface area contributed by atoms with E-state index in [0.29, 0.717) is 25.6 Å². The van der Waals surface area contributed by atoms with Crippen molar-refractivity contribution < 1.29 is 27.9 Å². The summed E-state index contributed by atoms with van der Waals surface area (Å²) in [7, 11) is -3.95. The molecule has 0 radical (unpaired) electrons. The lowest BCUT2D eigenvalue weighted by molar-refractivity contribution is 0.285. The van der Waals surface area contributed by atoms with Crippen molar-refractivity contribution in [1.29, 1.82) is 0 Å². The van der Waals surface area contributed by atoms with Gasteiger partial charge in [-0.05, 0) is 20.8 Å². The van der Waals surface area contributed by atoms with Crippen LogP contribution in [0.2, 0.25) is 0 Å². The van der Waals surface area contributed by atoms with Gasteiger partial charge in [-0.15, -0.1) is 0 Å². The fourth-order valence-electron chi connectivity index (χ4n) is 1.60. The minimum Gasteiger partial charge on any atom is -0.494 e. The first-order valence-corrected chi connectivity index (χ1v) is 7.51. The molecule has 0 aliphatic carbocycles. The smallest absolute Gasteiger partial charge is 0.147 e. The number of hydrogen-bond acceptors (Lipinski definition) is 6. The Morgan fingerprint density at radius 2 is 1.26 bits per heavy atom. The second-order valence-electron chi connectivity index (χ2n) is 3.57. The Morgan fingerprint density at radius 1 is 0.842 bits per heavy atom. The average Bonchev–Trinajstić information content (AvgIpc) is 2.28. The highest BCUT2D eigenvalue weighted by Crippen LogP contribution is 2.55. The van der Waals surface area contributed by atoms with Crippen LogP contribution in [0.15, 0.2) is 17.0 Å². The predicted molar refractivity (Wildman–Crippen MR) is 73.7 cm³/mol. The zero-order valence-corrected chi connectivity index (χ0v) is 12.1. The standard InChI is InChI=1S/C12H20O6S/c1-4-16-9-7-10(17-5-2)12(19(13,14)15)11(8-9)18-6-3/h7-8,13-15H,4-6H2,1-3H3. The topological polar surface area (TPSA) is 88.4 Å². The Balaban J connectivity index is 3.37. The zero-order chi connectivity index (χ0) is 14.5. The van der Waals surface area contributed by atoms with Gasteiger partial charge in [-0.3, -0.25) is 0 Å². The molecule has 0 heterocycles. The molecule has 0 spiro atoms. The van der Waals surface area contributed by atoms with E-state index >= 15 is 0 Å². The maximum absolute atomic E-state index is 9.52. The van der Waals surface area contributed by atoms with Gasteiger partial charge in [-0.1, -0.05) is 0 Å². The van der Waals surface area contributed by atoms with Crippen LogP contribution in [0.5, 0.6) is 17.2 Å². The third-order valence-corrected chi connectivity index (χ3v) is 3.13. The first-order chi connectivity index (χ1) is 8.93. The Labute approximate surface area is 114 Å². The lowest BCUT2D eigenvalue weighted by Crippen LogP contribution is -2.06. The summed E-state index contributed by atoms with van der Waals surface area (Å²) < 4.78 is 44.5. The summed E-state index contributed by atoms with van der Waals surface area (Å²) in [5.41, 5.74) is 0. The van der Waals surface area contributed by atoms with E-state index < -0.39 is 10.9 Å². The van der Waals surface area contributed by atoms with Gasteiger partial charge in [-0.2, -0.15) is 0 Å². The minimum atomic E-state index is -3.95. The highest BCUT2D eigenvalue weighted by atomic mass is 32.3. The van der Waals surface area contributed by atoms with E-state index in [0.717, 1.165) is 0 Å². The SMILES string of the molecule is CCOc1cc(OCC)c(S(O)(O)O)c(OCC)c1. The van der Waals surface area contributed by atoms with E-state index in [9.17, 15) is 13.7 Å². The molecule has 0 unspecified atom stereocenters. The first kappa shape index (κ1) is 15.9. The van der Waals surface area contributed by atoms with Crippen molar-refractivity contribution >= 4 is 10.9 Å². The molecule has 0 bridgehead atoms. The highest BCUT2D eigenvalue weighted by Gasteiger charge is 2.28. The molecule has 110 valence electrons. The quantitative estimate of drug-likeness (QED) is 0.713. The lowest BCUT2D eigenvalue weighted by atomic mass is 10.3. The second kappa shape index (κ2) is 6.85. The van der Waals surface area contributed by atoms with Crippen molar-refractivity contribution in [3.8, 4) is 17.2 Å². The highest BCUT2D eigenvalue weighted by molar-refractivity contribution is 8.19. The molecule has 0 aliphatic rings. The van der Waals surface area contributed by atoms with Crippen molar-refractivity contribution in [2.75, 3.05) is 19.8 Å². The fraction of sp³-hybridized carbons (Fsp3) is 0.500. The summed E-state index contributed by atoms with van der Waals surface area (Å²) >= 11 is 0. The molecule has 7 heteroatoms. The summed E-state index contributed by atoms with van der Waals surface area (Å²) in [6, 6.07) is 2.99. The largest absolute Gasteiger partial charge is 0.494 e. The summed E-state index contributed by atoms with van der Waals surface area (Å²) in [5.74, 6) is 0.751. The maximum Gasteiger partial charge on any atom is 0.147 e. The Hall–Kier alpha value is -1.15. The van der Waals surface area contributed by atoms with E-state index in [1.807, 2.05) is 6.92 Å². The summed E-state index contributed by atoms with van der Waals surface area (Å²) in [6.07, 6.45) is 0. The van der Waals surface area contributed by atoms with Crippen LogP contribution in [0.1, 0.15) is 20.8 Å². The van der Waals surface area contributed by atoms with Crippen LogP contribution in [0.25, 0.3) is 0 Å². The van der Waals surface area contributed by atoms with Gasteiger partial charge in [0.05, 0.1) is 19.8 Å². The van der Waals surface area contributed by atoms with Gasteiger partial charge in [0.25, 0.3) is 0 Å². The number of hydrogen-bond donors (Lipinski definition) is 3. The van der Waals surface area contributed by atoms with Gasteiger partial charge in [0.2, 0.25) is 0 Å². The van der Waals surface area contributed by atoms with Gasteiger partial charge >= 0.3 is 0 Å². The third-order valence-electron chi connectivity index (χ3n) is 2.18. The van der Waals surface area contributed by atoms with Crippen molar-refractivity contribution in [2.24, 2.45) is 0 Å². The van der Waals surface area contributed by atoms with Crippen LogP contribution in [0, 0.1) is 0 Å². The van der Waals surface area contributed by atoms with E-state index in [4.69, 9.17) is 14.2 Å². The molecule has 3 N–H and O–H groups in total. The van der Waals surface area contributed by atoms with Crippen LogP contribution in [-0.4, -0.2) is 33.5 Å². The van der Waals surface area contributed by atoms with Gasteiger partial charge < -0.3 is 27.9 Å². The van der Waals surface area contributed by atoms with Gasteiger partial charge in [0, 0.05) is 12.1 Å². The summed E-state index contributed by atoms with van der Waals surface area (Å²) in [5, 5.41) is 0. The molecule has 6 nitrogen and oxygen atoms in total. The first-order valence-electron chi connectivity index (χ1n) is 6.01. The fourth-order valence-corrected chi connectivity index (χ4v) is 2.37. The molecule has 0 atom stereocenters. The predicted octanol–water partition coefficient (Wildman–Crippen LogP) is 3.47. The van der Waals surface area contributed by atoms with Crippen molar-refractivity contribution in [1.82, 2.24) is 0 Å². The van der Waals surface area contributed by atoms with Gasteiger partial charge in [0.15, 0.2) is 0 Å². The number of rotatable bonds is 7. The molecular weight excluding hydrogens is 272 g/mol. The van der Waals surface area contributed by atoms with E-state index in [1.54, 1.807) is 13.8 Å². The monoisotopic (exact) mass is 292 g/mol. The van der Waals surface area contributed by atoms with Crippen molar-refractivity contribution in [3.05, 3.63) is 12.1 Å². The van der Waals surface area contributed by atoms with Gasteiger partial charge in [0.1, 0.15) is 33.0 Å².